The molecule has 1 aromatic rings. The highest BCUT2D eigenvalue weighted by atomic mass is 35.5. The Kier molecular flexibility index (Phi) is 13.4. The van der Waals surface area contributed by atoms with E-state index in [-0.39, 0.29) is 67.4 Å². The summed E-state index contributed by atoms with van der Waals surface area (Å²) < 4.78 is 60.3. The molecular weight excluding hydrogens is 737 g/mol. The van der Waals surface area contributed by atoms with E-state index in [9.17, 15) is 36.3 Å². The van der Waals surface area contributed by atoms with Gasteiger partial charge in [0, 0.05) is 86.6 Å². The molecule has 1 saturated carbocycles. The van der Waals surface area contributed by atoms with Gasteiger partial charge in [0.1, 0.15) is 6.04 Å². The van der Waals surface area contributed by atoms with Crippen molar-refractivity contribution in [2.75, 3.05) is 52.9 Å². The van der Waals surface area contributed by atoms with Crippen molar-refractivity contribution in [1.29, 1.82) is 0 Å². The van der Waals surface area contributed by atoms with Gasteiger partial charge in [-0.25, -0.2) is 13.6 Å². The molecule has 0 radical (unpaired) electrons. The van der Waals surface area contributed by atoms with Crippen molar-refractivity contribution in [2.45, 2.75) is 115 Å². The van der Waals surface area contributed by atoms with Gasteiger partial charge in [0.2, 0.25) is 23.6 Å². The molecule has 0 spiro atoms. The lowest BCUT2D eigenvalue weighted by atomic mass is 9.86. The molecule has 1 aliphatic carbocycles. The second-order valence-electron chi connectivity index (χ2n) is 17.2. The highest BCUT2D eigenvalue weighted by Crippen LogP contribution is 2.42. The summed E-state index contributed by atoms with van der Waals surface area (Å²) in [5.41, 5.74) is 0.124. The van der Waals surface area contributed by atoms with Gasteiger partial charge in [0.15, 0.2) is 0 Å². The van der Waals surface area contributed by atoms with Gasteiger partial charge in [0.05, 0.1) is 12.0 Å². The topological polar surface area (TPSA) is 105 Å². The van der Waals surface area contributed by atoms with Crippen LogP contribution in [0.5, 0.6) is 0 Å². The van der Waals surface area contributed by atoms with Crippen LogP contribution in [0.1, 0.15) is 85.1 Å². The van der Waals surface area contributed by atoms with Crippen molar-refractivity contribution in [3.8, 4) is 0 Å². The van der Waals surface area contributed by atoms with E-state index in [1.54, 1.807) is 9.80 Å². The number of likely N-dealkylation sites (N-methyl/N-ethyl adjacent to an activating group) is 1. The van der Waals surface area contributed by atoms with Gasteiger partial charge in [-0.3, -0.25) is 19.3 Å². The summed E-state index contributed by atoms with van der Waals surface area (Å²) in [5, 5.41) is 7.76. The summed E-state index contributed by atoms with van der Waals surface area (Å²) in [6.07, 6.45) is -4.89. The molecule has 0 bridgehead atoms. The van der Waals surface area contributed by atoms with Gasteiger partial charge in [-0.1, -0.05) is 44.5 Å². The standard InChI is InChI=1S/C36H54ClF2N5O3.C2HF3O2/c1-34(2,3)33(47)44(26-12-14-36(38,39)15-13-26)27-20-30(32(46)41-18-16-40(7)17-19-41)43(21-27)31(45)29-23-42(35(4,5)6)22-28(29)24-8-10-25(37)11-9-24;3-2(4,5)1(6)7/h8-11,26-30H,12-23H2,1-7H3;(H,6,7)/t27-,28-,29+,30-;/m0./s1. The van der Waals surface area contributed by atoms with E-state index >= 15 is 0 Å². The highest BCUT2D eigenvalue weighted by Gasteiger charge is 2.52. The number of aliphatic carboxylic acids is 1. The van der Waals surface area contributed by atoms with Crippen LogP contribution < -0.4 is 0 Å². The lowest BCUT2D eigenvalue weighted by molar-refractivity contribution is -0.192. The number of carbonyl (C=O) groups excluding carboxylic acids is 3. The van der Waals surface area contributed by atoms with Crippen LogP contribution in [0, 0.1) is 11.3 Å². The molecule has 16 heteroatoms. The van der Waals surface area contributed by atoms with Gasteiger partial charge >= 0.3 is 12.1 Å². The second kappa shape index (κ2) is 16.6. The number of halogens is 6. The molecule has 3 saturated heterocycles. The smallest absolute Gasteiger partial charge is 0.475 e. The Balaban J connectivity index is 0.000000845. The number of benzene rings is 1. The Labute approximate surface area is 319 Å². The molecule has 1 aromatic carbocycles. The van der Waals surface area contributed by atoms with Crippen molar-refractivity contribution in [3.05, 3.63) is 34.9 Å². The minimum absolute atomic E-state index is 0.0787. The van der Waals surface area contributed by atoms with Crippen LogP contribution in [0.25, 0.3) is 0 Å². The van der Waals surface area contributed by atoms with Gasteiger partial charge in [-0.05, 0) is 64.8 Å². The van der Waals surface area contributed by atoms with Crippen molar-refractivity contribution in [3.63, 3.8) is 0 Å². The average molecular weight is 792 g/mol. The highest BCUT2D eigenvalue weighted by molar-refractivity contribution is 6.30. The van der Waals surface area contributed by atoms with Gasteiger partial charge in [-0.15, -0.1) is 0 Å². The first-order valence-electron chi connectivity index (χ1n) is 18.6. The van der Waals surface area contributed by atoms with Crippen LogP contribution in [0.2, 0.25) is 5.02 Å². The summed E-state index contributed by atoms with van der Waals surface area (Å²) in [4.78, 5) is 62.2. The fourth-order valence-electron chi connectivity index (χ4n) is 7.91. The van der Waals surface area contributed by atoms with Gasteiger partial charge < -0.3 is 24.7 Å². The van der Waals surface area contributed by atoms with Crippen LogP contribution in [0.4, 0.5) is 22.0 Å². The number of nitrogens with zero attached hydrogens (tertiary/aromatic N) is 5. The number of rotatable bonds is 5. The minimum atomic E-state index is -5.08. The number of carboxylic acids is 1. The number of carbonyl (C=O) groups is 4. The van der Waals surface area contributed by atoms with Crippen molar-refractivity contribution >= 4 is 35.3 Å². The molecule has 304 valence electrons. The number of alkyl halides is 5. The molecule has 4 fully saturated rings. The number of likely N-dealkylation sites (tertiary alicyclic amines) is 2. The minimum Gasteiger partial charge on any atom is -0.475 e. The molecule has 3 amide bonds. The maximum Gasteiger partial charge on any atom is 0.490 e. The first kappa shape index (κ1) is 43.7. The fourth-order valence-corrected chi connectivity index (χ4v) is 8.04. The molecule has 3 aliphatic heterocycles. The zero-order valence-electron chi connectivity index (χ0n) is 32.3. The Hall–Kier alpha value is -3.04. The summed E-state index contributed by atoms with van der Waals surface area (Å²) in [5.74, 6) is -6.25. The van der Waals surface area contributed by atoms with E-state index in [1.165, 1.54) is 0 Å². The van der Waals surface area contributed by atoms with Crippen LogP contribution in [-0.2, 0) is 19.2 Å². The third-order valence-corrected chi connectivity index (χ3v) is 11.4. The third kappa shape index (κ3) is 10.6. The molecule has 10 nitrogen and oxygen atoms in total. The first-order chi connectivity index (χ1) is 24.8. The molecule has 5 rings (SSSR count). The molecule has 0 unspecified atom stereocenters. The number of piperazine rings is 1. The Bertz CT molecular complexity index is 1500. The van der Waals surface area contributed by atoms with Crippen molar-refractivity contribution in [2.24, 2.45) is 11.3 Å². The van der Waals surface area contributed by atoms with Crippen LogP contribution in [0.15, 0.2) is 24.3 Å². The molecule has 4 aliphatic rings. The SMILES string of the molecule is CN1CCN(C(=O)[C@@H]2C[C@H](N(C(=O)C(C)(C)C)C3CCC(F)(F)CC3)CN2C(=O)[C@@H]2CN(C(C)(C)C)C[C@H]2c2ccc(Cl)cc2)CC1.O=C(O)C(F)(F)F. The summed E-state index contributed by atoms with van der Waals surface area (Å²) in [6, 6.07) is 6.18. The molecule has 1 N–H and O–H groups in total. The van der Waals surface area contributed by atoms with E-state index in [0.29, 0.717) is 37.6 Å². The number of carboxylic acid groups (broad SMARTS) is 1. The Morgan fingerprint density at radius 1 is 0.833 bits per heavy atom. The van der Waals surface area contributed by atoms with E-state index < -0.39 is 41.5 Å². The first-order valence-corrected chi connectivity index (χ1v) is 19.0. The monoisotopic (exact) mass is 791 g/mol. The van der Waals surface area contributed by atoms with E-state index in [0.717, 1.165) is 18.7 Å². The largest absolute Gasteiger partial charge is 0.490 e. The zero-order valence-corrected chi connectivity index (χ0v) is 33.0. The molecule has 0 aromatic heterocycles. The summed E-state index contributed by atoms with van der Waals surface area (Å²) in [6.45, 7) is 16.1. The van der Waals surface area contributed by atoms with E-state index in [4.69, 9.17) is 21.5 Å². The lowest BCUT2D eigenvalue weighted by Gasteiger charge is -2.43. The number of hydrogen-bond acceptors (Lipinski definition) is 6. The average Bonchev–Trinajstić information content (AvgIpc) is 3.71. The van der Waals surface area contributed by atoms with Crippen LogP contribution in [0.3, 0.4) is 0 Å². The van der Waals surface area contributed by atoms with Gasteiger partial charge in [0.25, 0.3) is 0 Å². The maximum atomic E-state index is 14.9. The summed E-state index contributed by atoms with van der Waals surface area (Å²) in [7, 11) is 2.03. The quantitative estimate of drug-likeness (QED) is 0.366. The fraction of sp³-hybridized carbons (Fsp3) is 0.737. The molecule has 3 heterocycles. The van der Waals surface area contributed by atoms with Gasteiger partial charge in [-0.2, -0.15) is 13.2 Å². The molecule has 4 atom stereocenters. The zero-order chi connectivity index (χ0) is 40.6. The van der Waals surface area contributed by atoms with E-state index in [1.807, 2.05) is 57.0 Å². The number of amides is 3. The maximum absolute atomic E-state index is 14.9. The van der Waals surface area contributed by atoms with Crippen molar-refractivity contribution in [1.82, 2.24) is 24.5 Å². The van der Waals surface area contributed by atoms with Crippen LogP contribution in [-0.4, -0.2) is 142 Å². The predicted molar refractivity (Wildman–Crippen MR) is 194 cm³/mol. The Morgan fingerprint density at radius 2 is 1.37 bits per heavy atom. The van der Waals surface area contributed by atoms with Crippen LogP contribution >= 0.6 is 11.6 Å². The van der Waals surface area contributed by atoms with E-state index in [2.05, 4.69) is 30.6 Å². The predicted octanol–water partition coefficient (Wildman–Crippen LogP) is 5.98. The van der Waals surface area contributed by atoms with Crippen molar-refractivity contribution < 1.29 is 46.2 Å². The normalized spacial score (nSPS) is 25.9. The third-order valence-electron chi connectivity index (χ3n) is 11.1. The molecule has 54 heavy (non-hydrogen) atoms. The summed E-state index contributed by atoms with van der Waals surface area (Å²) >= 11 is 6.24. The number of hydrogen-bond donors (Lipinski definition) is 1. The Morgan fingerprint density at radius 3 is 1.85 bits per heavy atom. The second-order valence-corrected chi connectivity index (χ2v) is 17.7. The molecular formula is C38H55ClF5N5O5. The lowest BCUT2D eigenvalue weighted by Crippen LogP contribution is -2.54.